The van der Waals surface area contributed by atoms with Crippen LogP contribution in [0.5, 0.6) is 5.75 Å². The molecule has 176 valence electrons. The predicted molar refractivity (Wildman–Crippen MR) is 117 cm³/mol. The molecule has 0 unspecified atom stereocenters. The SMILES string of the molecule is N[C@H](CCOCc1ccccc1)C(=O)NCC(=O)Nc1nc2ccc(OC(F)(F)F)cc2s1. The summed E-state index contributed by atoms with van der Waals surface area (Å²) < 4.78 is 46.8. The molecule has 1 aromatic heterocycles. The van der Waals surface area contributed by atoms with E-state index in [1.807, 2.05) is 30.3 Å². The number of benzene rings is 2. The zero-order valence-electron chi connectivity index (χ0n) is 17.2. The van der Waals surface area contributed by atoms with E-state index < -0.39 is 24.2 Å². The van der Waals surface area contributed by atoms with Crippen molar-refractivity contribution >= 4 is 38.5 Å². The number of nitrogens with two attached hydrogens (primary N) is 1. The summed E-state index contributed by atoms with van der Waals surface area (Å²) in [5.41, 5.74) is 7.22. The van der Waals surface area contributed by atoms with E-state index in [-0.39, 0.29) is 30.5 Å². The number of rotatable bonds is 10. The Bertz CT molecular complexity index is 1090. The second kappa shape index (κ2) is 11.1. The largest absolute Gasteiger partial charge is 0.573 e. The summed E-state index contributed by atoms with van der Waals surface area (Å²) in [6.07, 6.45) is -4.52. The van der Waals surface area contributed by atoms with Gasteiger partial charge in [-0.15, -0.1) is 13.2 Å². The average molecular weight is 482 g/mol. The van der Waals surface area contributed by atoms with Gasteiger partial charge in [-0.1, -0.05) is 41.7 Å². The quantitative estimate of drug-likeness (QED) is 0.383. The van der Waals surface area contributed by atoms with E-state index in [0.717, 1.165) is 23.0 Å². The first kappa shape index (κ1) is 24.4. The third-order valence-corrected chi connectivity index (χ3v) is 5.22. The highest BCUT2D eigenvalue weighted by Gasteiger charge is 2.31. The highest BCUT2D eigenvalue weighted by molar-refractivity contribution is 7.22. The first-order chi connectivity index (χ1) is 15.7. The van der Waals surface area contributed by atoms with Gasteiger partial charge in [0.15, 0.2) is 5.13 Å². The van der Waals surface area contributed by atoms with E-state index in [4.69, 9.17) is 10.5 Å². The van der Waals surface area contributed by atoms with Crippen molar-refractivity contribution in [3.63, 3.8) is 0 Å². The number of nitrogens with one attached hydrogen (secondary N) is 2. The summed E-state index contributed by atoms with van der Waals surface area (Å²) >= 11 is 0.974. The molecule has 0 aliphatic heterocycles. The highest BCUT2D eigenvalue weighted by Crippen LogP contribution is 2.31. The topological polar surface area (TPSA) is 116 Å². The fraction of sp³-hybridized carbons (Fsp3) is 0.286. The number of nitrogens with zero attached hydrogens (tertiary/aromatic N) is 1. The molecule has 0 saturated heterocycles. The standard InChI is InChI=1S/C21H21F3N4O4S/c22-21(23,24)32-14-6-7-16-17(10-14)33-20(27-16)28-18(29)11-26-19(30)15(25)8-9-31-12-13-4-2-1-3-5-13/h1-7,10,15H,8-9,11-12,25H2,(H,26,30)(H,27,28,29)/t15-/m1/s1. The smallest absolute Gasteiger partial charge is 0.406 e. The lowest BCUT2D eigenvalue weighted by Gasteiger charge is -2.12. The molecule has 0 radical (unpaired) electrons. The van der Waals surface area contributed by atoms with Crippen molar-refractivity contribution in [2.24, 2.45) is 5.73 Å². The first-order valence-electron chi connectivity index (χ1n) is 9.81. The van der Waals surface area contributed by atoms with Gasteiger partial charge in [0.2, 0.25) is 11.8 Å². The van der Waals surface area contributed by atoms with Gasteiger partial charge >= 0.3 is 6.36 Å². The zero-order chi connectivity index (χ0) is 23.8. The molecule has 2 amide bonds. The average Bonchev–Trinajstić information content (AvgIpc) is 3.15. The van der Waals surface area contributed by atoms with E-state index >= 15 is 0 Å². The van der Waals surface area contributed by atoms with Gasteiger partial charge < -0.3 is 25.8 Å². The van der Waals surface area contributed by atoms with Crippen LogP contribution in [0.25, 0.3) is 10.2 Å². The maximum Gasteiger partial charge on any atom is 0.573 e. The Labute approximate surface area is 190 Å². The minimum Gasteiger partial charge on any atom is -0.406 e. The number of amides is 2. The molecule has 0 saturated carbocycles. The Morgan fingerprint density at radius 1 is 1.15 bits per heavy atom. The van der Waals surface area contributed by atoms with Gasteiger partial charge in [0.05, 0.1) is 29.4 Å². The molecular weight excluding hydrogens is 461 g/mol. The van der Waals surface area contributed by atoms with Crippen LogP contribution in [-0.4, -0.2) is 42.4 Å². The van der Waals surface area contributed by atoms with Gasteiger partial charge in [-0.3, -0.25) is 9.59 Å². The number of alkyl halides is 3. The minimum absolute atomic E-state index is 0.173. The van der Waals surface area contributed by atoms with Crippen molar-refractivity contribution in [1.29, 1.82) is 0 Å². The normalized spacial score (nSPS) is 12.4. The molecular formula is C21H21F3N4O4S. The van der Waals surface area contributed by atoms with E-state index in [0.29, 0.717) is 16.8 Å². The van der Waals surface area contributed by atoms with Crippen LogP contribution in [0.2, 0.25) is 0 Å². The number of carbonyl (C=O) groups is 2. The monoisotopic (exact) mass is 482 g/mol. The molecule has 4 N–H and O–H groups in total. The Kier molecular flexibility index (Phi) is 8.20. The van der Waals surface area contributed by atoms with Gasteiger partial charge in [-0.25, -0.2) is 4.98 Å². The first-order valence-corrected chi connectivity index (χ1v) is 10.6. The number of anilines is 1. The molecule has 8 nitrogen and oxygen atoms in total. The Balaban J connectivity index is 1.40. The lowest BCUT2D eigenvalue weighted by atomic mass is 10.2. The van der Waals surface area contributed by atoms with Gasteiger partial charge in [0.25, 0.3) is 0 Å². The number of hydrogen-bond donors (Lipinski definition) is 3. The second-order valence-electron chi connectivity index (χ2n) is 6.90. The van der Waals surface area contributed by atoms with E-state index in [1.54, 1.807) is 0 Å². The molecule has 1 atom stereocenters. The van der Waals surface area contributed by atoms with Crippen molar-refractivity contribution in [1.82, 2.24) is 10.3 Å². The number of hydrogen-bond acceptors (Lipinski definition) is 7. The van der Waals surface area contributed by atoms with E-state index in [2.05, 4.69) is 20.4 Å². The summed E-state index contributed by atoms with van der Waals surface area (Å²) in [5.74, 6) is -1.45. The Morgan fingerprint density at radius 2 is 1.91 bits per heavy atom. The lowest BCUT2D eigenvalue weighted by molar-refractivity contribution is -0.274. The number of fused-ring (bicyclic) bond motifs is 1. The summed E-state index contributed by atoms with van der Waals surface area (Å²) in [7, 11) is 0. The number of halogens is 3. The summed E-state index contributed by atoms with van der Waals surface area (Å²) in [4.78, 5) is 28.3. The van der Waals surface area contributed by atoms with E-state index in [9.17, 15) is 22.8 Å². The van der Waals surface area contributed by atoms with Gasteiger partial charge in [0, 0.05) is 12.7 Å². The molecule has 1 heterocycles. The third-order valence-electron chi connectivity index (χ3n) is 4.28. The molecule has 0 fully saturated rings. The summed E-state index contributed by atoms with van der Waals surface area (Å²) in [5, 5.41) is 5.09. The van der Waals surface area contributed by atoms with Crippen LogP contribution < -0.4 is 21.1 Å². The zero-order valence-corrected chi connectivity index (χ0v) is 18.0. The van der Waals surface area contributed by atoms with E-state index in [1.165, 1.54) is 12.1 Å². The number of thiazole rings is 1. The molecule has 0 spiro atoms. The van der Waals surface area contributed by atoms with Crippen molar-refractivity contribution in [3.8, 4) is 5.75 Å². The fourth-order valence-corrected chi connectivity index (χ4v) is 3.63. The predicted octanol–water partition coefficient (Wildman–Crippen LogP) is 3.18. The Morgan fingerprint density at radius 3 is 2.64 bits per heavy atom. The van der Waals surface area contributed by atoms with Crippen LogP contribution in [0.1, 0.15) is 12.0 Å². The molecule has 2 aromatic carbocycles. The molecule has 0 bridgehead atoms. The Hall–Kier alpha value is -3.22. The second-order valence-corrected chi connectivity index (χ2v) is 7.93. The van der Waals surface area contributed by atoms with Crippen LogP contribution in [0.15, 0.2) is 48.5 Å². The van der Waals surface area contributed by atoms with Crippen molar-refractivity contribution < 1.29 is 32.2 Å². The number of carbonyl (C=O) groups excluding carboxylic acids is 2. The lowest BCUT2D eigenvalue weighted by Crippen LogP contribution is -2.44. The maximum atomic E-state index is 12.3. The fourth-order valence-electron chi connectivity index (χ4n) is 2.72. The van der Waals surface area contributed by atoms with Gasteiger partial charge in [-0.2, -0.15) is 0 Å². The molecule has 0 aliphatic rings. The summed E-state index contributed by atoms with van der Waals surface area (Å²) in [6.45, 7) is 0.348. The van der Waals surface area contributed by atoms with Crippen LogP contribution >= 0.6 is 11.3 Å². The molecule has 12 heteroatoms. The van der Waals surface area contributed by atoms with Crippen LogP contribution in [0, 0.1) is 0 Å². The molecule has 3 aromatic rings. The van der Waals surface area contributed by atoms with Crippen LogP contribution in [0.3, 0.4) is 0 Å². The highest BCUT2D eigenvalue weighted by atomic mass is 32.1. The van der Waals surface area contributed by atoms with Crippen molar-refractivity contribution in [2.75, 3.05) is 18.5 Å². The van der Waals surface area contributed by atoms with Crippen molar-refractivity contribution in [2.45, 2.75) is 25.4 Å². The molecule has 33 heavy (non-hydrogen) atoms. The minimum atomic E-state index is -4.80. The molecule has 3 rings (SSSR count). The summed E-state index contributed by atoms with van der Waals surface area (Å²) in [6, 6.07) is 12.4. The third kappa shape index (κ3) is 8.00. The number of ether oxygens (including phenoxy) is 2. The maximum absolute atomic E-state index is 12.3. The number of aromatic nitrogens is 1. The van der Waals surface area contributed by atoms with Gasteiger partial charge in [0.1, 0.15) is 5.75 Å². The van der Waals surface area contributed by atoms with Gasteiger partial charge in [-0.05, 0) is 24.1 Å². The van der Waals surface area contributed by atoms with Crippen LogP contribution in [0.4, 0.5) is 18.3 Å². The van der Waals surface area contributed by atoms with Crippen LogP contribution in [-0.2, 0) is 20.9 Å². The van der Waals surface area contributed by atoms with Crippen molar-refractivity contribution in [3.05, 3.63) is 54.1 Å². The molecule has 0 aliphatic carbocycles.